The molecule has 0 atom stereocenters. The van der Waals surface area contributed by atoms with Crippen LogP contribution in [0.3, 0.4) is 0 Å². The zero-order valence-corrected chi connectivity index (χ0v) is 47.4. The first-order chi connectivity index (χ1) is 38.2. The molecule has 80 heavy (non-hydrogen) atoms. The summed E-state index contributed by atoms with van der Waals surface area (Å²) in [6, 6.07) is 24.7. The highest BCUT2D eigenvalue weighted by Crippen LogP contribution is 2.38. The molecule has 2 amide bonds. The third-order valence-electron chi connectivity index (χ3n) is 13.2. The van der Waals surface area contributed by atoms with Gasteiger partial charge in [-0.15, -0.1) is 22.7 Å². The van der Waals surface area contributed by atoms with E-state index in [1.807, 2.05) is 115 Å². The van der Waals surface area contributed by atoms with E-state index >= 15 is 0 Å². The Morgan fingerprint density at radius 1 is 0.637 bits per heavy atom. The highest BCUT2D eigenvalue weighted by molar-refractivity contribution is 7.14. The highest BCUT2D eigenvalue weighted by Gasteiger charge is 2.29. The second kappa shape index (κ2) is 23.7. The van der Waals surface area contributed by atoms with E-state index in [9.17, 15) is 23.6 Å². The number of rotatable bonds is 10. The molecule has 6 aromatic heterocycles. The molecule has 0 N–H and O–H groups in total. The second-order valence-electron chi connectivity index (χ2n) is 21.2. The third-order valence-corrected chi connectivity index (χ3v) is 15.1. The summed E-state index contributed by atoms with van der Waals surface area (Å²) in [6.45, 7) is 13.5. The quantitative estimate of drug-likeness (QED) is 0.119. The van der Waals surface area contributed by atoms with Gasteiger partial charge >= 0.3 is 12.2 Å². The number of carbonyl (C=O) groups excluding carboxylic acids is 2. The number of halogens is 2. The van der Waals surface area contributed by atoms with Crippen molar-refractivity contribution in [1.29, 1.82) is 10.5 Å². The van der Waals surface area contributed by atoms with E-state index < -0.39 is 11.2 Å². The molecule has 410 valence electrons. The molecule has 1 fully saturated rings. The zero-order chi connectivity index (χ0) is 56.9. The van der Waals surface area contributed by atoms with Crippen LogP contribution in [0.4, 0.5) is 40.3 Å². The van der Waals surface area contributed by atoms with Gasteiger partial charge in [0.2, 0.25) is 0 Å². The average Bonchev–Trinajstić information content (AvgIpc) is 4.36. The summed E-state index contributed by atoms with van der Waals surface area (Å²) < 4.78 is 41.9. The molecule has 0 bridgehead atoms. The van der Waals surface area contributed by atoms with E-state index in [-0.39, 0.29) is 29.7 Å². The van der Waals surface area contributed by atoms with E-state index in [0.717, 1.165) is 85.2 Å². The van der Waals surface area contributed by atoms with Gasteiger partial charge in [0, 0.05) is 86.7 Å². The molecule has 0 saturated carbocycles. The van der Waals surface area contributed by atoms with Gasteiger partial charge in [-0.3, -0.25) is 8.80 Å². The number of imidazole rings is 2. The van der Waals surface area contributed by atoms with Gasteiger partial charge in [0.25, 0.3) is 0 Å². The Bertz CT molecular complexity index is 3730. The molecule has 2 aliphatic heterocycles. The predicted molar refractivity (Wildman–Crippen MR) is 311 cm³/mol. The van der Waals surface area contributed by atoms with Crippen LogP contribution < -0.4 is 9.80 Å². The molecular weight excluding hydrogens is 1050 g/mol. The van der Waals surface area contributed by atoms with Crippen LogP contribution in [0.25, 0.3) is 51.5 Å². The first-order valence-electron chi connectivity index (χ1n) is 26.0. The van der Waals surface area contributed by atoms with Crippen LogP contribution in [0.5, 0.6) is 0 Å². The van der Waals surface area contributed by atoms with Gasteiger partial charge in [0.1, 0.15) is 57.2 Å². The fourth-order valence-electron chi connectivity index (χ4n) is 9.34. The van der Waals surface area contributed by atoms with Gasteiger partial charge in [-0.25, -0.2) is 38.3 Å². The molecule has 10 rings (SSSR count). The van der Waals surface area contributed by atoms with Crippen molar-refractivity contribution in [2.75, 3.05) is 50.1 Å². The van der Waals surface area contributed by atoms with Crippen molar-refractivity contribution in [3.63, 3.8) is 0 Å². The average molecular weight is 1120 g/mol. The number of aromatic nitrogens is 6. The largest absolute Gasteiger partial charge is 0.444 e. The van der Waals surface area contributed by atoms with Crippen molar-refractivity contribution in [2.24, 2.45) is 0 Å². The summed E-state index contributed by atoms with van der Waals surface area (Å²) in [5.74, 6) is 1.25. The number of hydrogen-bond donors (Lipinski definition) is 0. The van der Waals surface area contributed by atoms with E-state index in [1.165, 1.54) is 59.1 Å². The number of carbonyl (C=O) groups is 2. The van der Waals surface area contributed by atoms with Crippen LogP contribution in [0.2, 0.25) is 0 Å². The van der Waals surface area contributed by atoms with Crippen LogP contribution in [-0.4, -0.2) is 102 Å². The first-order valence-corrected chi connectivity index (χ1v) is 27.7. The molecule has 20 heteroatoms. The molecule has 0 aliphatic carbocycles. The molecular formula is C60H60F2N12O4S2. The molecule has 16 nitrogen and oxygen atoms in total. The summed E-state index contributed by atoms with van der Waals surface area (Å²) in [5, 5.41) is 23.7. The Hall–Kier alpha value is -8.72. The van der Waals surface area contributed by atoms with Crippen LogP contribution in [0.15, 0.2) is 114 Å². The van der Waals surface area contributed by atoms with Crippen LogP contribution >= 0.6 is 22.7 Å². The fraction of sp³-hybridized carbons (Fsp3) is 0.300. The molecule has 2 aromatic carbocycles. The van der Waals surface area contributed by atoms with Crippen molar-refractivity contribution in [2.45, 2.75) is 77.9 Å². The van der Waals surface area contributed by atoms with Crippen LogP contribution in [-0.2, 0) is 9.47 Å². The number of hydrogen-bond acceptors (Lipinski definition) is 14. The number of anilines is 4. The number of amides is 2. The van der Waals surface area contributed by atoms with Crippen molar-refractivity contribution in [3.05, 3.63) is 148 Å². The van der Waals surface area contributed by atoms with Gasteiger partial charge in [0.05, 0.1) is 23.5 Å². The van der Waals surface area contributed by atoms with Gasteiger partial charge in [-0.2, -0.15) is 10.5 Å². The number of nitrogens with zero attached hydrogens (tertiary/aromatic N) is 12. The number of fused-ring (bicyclic) bond motifs is 2. The van der Waals surface area contributed by atoms with E-state index in [0.29, 0.717) is 44.0 Å². The van der Waals surface area contributed by atoms with E-state index in [2.05, 4.69) is 24.4 Å². The fourth-order valence-corrected chi connectivity index (χ4v) is 10.9. The number of piperidine rings is 1. The summed E-state index contributed by atoms with van der Waals surface area (Å²) in [7, 11) is 3.83. The lowest BCUT2D eigenvalue weighted by atomic mass is 9.90. The zero-order valence-electron chi connectivity index (χ0n) is 45.7. The Balaban J connectivity index is 0.000000194. The number of thiazole rings is 2. The van der Waals surface area contributed by atoms with Crippen LogP contribution in [0.1, 0.15) is 89.2 Å². The minimum Gasteiger partial charge on any atom is -0.444 e. The molecule has 8 heterocycles. The maximum atomic E-state index is 13.4. The maximum absolute atomic E-state index is 13.4. The third kappa shape index (κ3) is 13.1. The molecule has 2 aliphatic rings. The van der Waals surface area contributed by atoms with Gasteiger partial charge in [-0.05, 0) is 162 Å². The summed E-state index contributed by atoms with van der Waals surface area (Å²) in [4.78, 5) is 51.5. The standard InChI is InChI=1S/C30H31FN6O2S.C30H29FN6O2S/c2*1-30(2,3)39-29(38)36-16-13-20(14-17-36)22-9-12-26-33-24(6-5-15-32)27(37(26)18-22)35(4)28-34-25(19-40-28)21-7-10-23(31)11-8-21/h5-12,18-20H,13-14,16-17H2,1-4H3;5-13,18-19H,14,16-17H2,1-4H3/b2*6-5+. The molecule has 0 spiro atoms. The monoisotopic (exact) mass is 1110 g/mol. The van der Waals surface area contributed by atoms with Crippen molar-refractivity contribution in [1.82, 2.24) is 38.5 Å². The normalized spacial score (nSPS) is 14.2. The van der Waals surface area contributed by atoms with Gasteiger partial charge in [0.15, 0.2) is 10.3 Å². The van der Waals surface area contributed by atoms with E-state index in [4.69, 9.17) is 34.7 Å². The number of pyridine rings is 2. The van der Waals surface area contributed by atoms with E-state index in [1.54, 1.807) is 46.2 Å². The highest BCUT2D eigenvalue weighted by atomic mass is 32.1. The maximum Gasteiger partial charge on any atom is 0.410 e. The number of allylic oxidation sites excluding steroid dienone is 2. The molecule has 8 aromatic rings. The topological polar surface area (TPSA) is 174 Å². The number of ether oxygens (including phenoxy) is 2. The lowest BCUT2D eigenvalue weighted by molar-refractivity contribution is 0.0203. The van der Waals surface area contributed by atoms with Crippen molar-refractivity contribution >= 4 is 85.8 Å². The smallest absolute Gasteiger partial charge is 0.410 e. The number of nitriles is 2. The second-order valence-corrected chi connectivity index (χ2v) is 22.9. The number of likely N-dealkylation sites (tertiary alicyclic amines) is 1. The Labute approximate surface area is 471 Å². The molecule has 0 radical (unpaired) electrons. The Morgan fingerprint density at radius 3 is 1.56 bits per heavy atom. The minimum absolute atomic E-state index is 0.266. The Morgan fingerprint density at radius 2 is 1.10 bits per heavy atom. The van der Waals surface area contributed by atoms with Gasteiger partial charge < -0.3 is 29.1 Å². The van der Waals surface area contributed by atoms with Crippen molar-refractivity contribution < 1.29 is 27.8 Å². The minimum atomic E-state index is -0.537. The lowest BCUT2D eigenvalue weighted by Crippen LogP contribution is -2.41. The first kappa shape index (κ1) is 56.0. The summed E-state index contributed by atoms with van der Waals surface area (Å²) >= 11 is 2.94. The molecule has 0 unspecified atom stereocenters. The predicted octanol–water partition coefficient (Wildman–Crippen LogP) is 13.9. The summed E-state index contributed by atoms with van der Waals surface area (Å²) in [5.41, 5.74) is 8.18. The Kier molecular flexibility index (Phi) is 16.6. The number of benzene rings is 2. The lowest BCUT2D eigenvalue weighted by Gasteiger charge is -2.33. The SMILES string of the molecule is CN(c1nc(-c2ccc(F)cc2)cs1)c1c(/C=C/C#N)nc2ccc(C3=CCN(C(=O)OC(C)(C)C)CC3)cn12.CN(c1nc(-c2ccc(F)cc2)cs1)c1c(/C=C/C#N)nc2ccc(C3CCN(C(=O)OC(C)(C)C)CC3)cn12. The molecule has 1 saturated heterocycles. The van der Waals surface area contributed by atoms with Gasteiger partial charge in [-0.1, -0.05) is 12.1 Å². The van der Waals surface area contributed by atoms with Crippen molar-refractivity contribution in [3.8, 4) is 34.7 Å². The summed E-state index contributed by atoms with van der Waals surface area (Å²) in [6.07, 6.45) is 14.2. The van der Waals surface area contributed by atoms with Crippen LogP contribution in [0, 0.1) is 34.3 Å².